The molecule has 3 heterocycles. The van der Waals surface area contributed by atoms with Gasteiger partial charge in [0.15, 0.2) is 5.82 Å². The van der Waals surface area contributed by atoms with Crippen molar-refractivity contribution in [2.45, 2.75) is 13.1 Å². The molecule has 0 radical (unpaired) electrons. The van der Waals surface area contributed by atoms with Crippen molar-refractivity contribution in [3.8, 4) is 11.4 Å². The highest BCUT2D eigenvalue weighted by Crippen LogP contribution is 2.33. The Balaban J connectivity index is 1.54. The third kappa shape index (κ3) is 3.78. The fourth-order valence-electron chi connectivity index (χ4n) is 4.04. The lowest BCUT2D eigenvalue weighted by Crippen LogP contribution is -2.37. The van der Waals surface area contributed by atoms with Gasteiger partial charge in [0.1, 0.15) is 11.5 Å². The molecule has 2 aromatic carbocycles. The van der Waals surface area contributed by atoms with Gasteiger partial charge in [0.25, 0.3) is 11.6 Å². The number of rotatable bonds is 5. The molecular weight excluding hydrogens is 410 g/mol. The van der Waals surface area contributed by atoms with E-state index >= 15 is 0 Å². The van der Waals surface area contributed by atoms with E-state index in [1.807, 2.05) is 30.3 Å². The Morgan fingerprint density at radius 2 is 1.72 bits per heavy atom. The zero-order valence-electron chi connectivity index (χ0n) is 17.3. The summed E-state index contributed by atoms with van der Waals surface area (Å²) >= 11 is 0. The van der Waals surface area contributed by atoms with Gasteiger partial charge in [0.2, 0.25) is 0 Å². The predicted molar refractivity (Wildman–Crippen MR) is 117 cm³/mol. The highest BCUT2D eigenvalue weighted by molar-refractivity contribution is 5.98. The summed E-state index contributed by atoms with van der Waals surface area (Å²) in [6, 6.07) is 15.9. The van der Waals surface area contributed by atoms with E-state index in [1.165, 1.54) is 12.1 Å². The Labute approximate surface area is 184 Å². The van der Waals surface area contributed by atoms with Crippen LogP contribution >= 0.6 is 0 Å². The number of non-ortho nitro benzene ring substituents is 1. The molecule has 1 fully saturated rings. The zero-order chi connectivity index (χ0) is 22.1. The lowest BCUT2D eigenvalue weighted by molar-refractivity contribution is -0.384. The molecule has 0 atom stereocenters. The van der Waals surface area contributed by atoms with Gasteiger partial charge in [-0.3, -0.25) is 14.9 Å². The number of fused-ring (bicyclic) bond motifs is 1. The van der Waals surface area contributed by atoms with Crippen LogP contribution in [-0.2, 0) is 17.8 Å². The molecule has 1 aromatic heterocycles. The maximum Gasteiger partial charge on any atom is 0.273 e. The molecule has 2 aliphatic heterocycles. The van der Waals surface area contributed by atoms with Gasteiger partial charge in [-0.1, -0.05) is 30.3 Å². The molecule has 1 saturated heterocycles. The quantitative estimate of drug-likeness (QED) is 0.452. The average molecular weight is 431 g/mol. The van der Waals surface area contributed by atoms with E-state index in [0.717, 1.165) is 16.9 Å². The minimum atomic E-state index is -0.447. The summed E-state index contributed by atoms with van der Waals surface area (Å²) in [6.45, 7) is 3.47. The molecule has 0 unspecified atom stereocenters. The molecule has 1 amide bonds. The Kier molecular flexibility index (Phi) is 5.24. The van der Waals surface area contributed by atoms with Gasteiger partial charge >= 0.3 is 0 Å². The second kappa shape index (κ2) is 8.35. The Hall–Kier alpha value is -3.85. The van der Waals surface area contributed by atoms with E-state index in [9.17, 15) is 14.9 Å². The number of anilines is 1. The molecule has 0 aliphatic carbocycles. The van der Waals surface area contributed by atoms with Crippen molar-refractivity contribution in [1.82, 2.24) is 14.9 Å². The van der Waals surface area contributed by atoms with Gasteiger partial charge in [-0.2, -0.15) is 0 Å². The number of carbonyl (C=O) groups excluding carboxylic acids is 1. The molecule has 0 saturated carbocycles. The Morgan fingerprint density at radius 3 is 2.41 bits per heavy atom. The Bertz CT molecular complexity index is 1160. The van der Waals surface area contributed by atoms with Crippen LogP contribution < -0.4 is 4.90 Å². The summed E-state index contributed by atoms with van der Waals surface area (Å²) in [6.07, 6.45) is 0. The standard InChI is InChI=1S/C23H21N5O4/c29-23-20-19(15-27(23)14-16-4-2-1-3-5-16)22(26-10-12-32-13-11-26)25-21(24-20)17-6-8-18(9-7-17)28(30)31/h1-9H,10-15H2. The molecular formula is C23H21N5O4. The zero-order valence-corrected chi connectivity index (χ0v) is 17.3. The smallest absolute Gasteiger partial charge is 0.273 e. The van der Waals surface area contributed by atoms with E-state index in [0.29, 0.717) is 56.5 Å². The first kappa shape index (κ1) is 20.1. The van der Waals surface area contributed by atoms with Crippen LogP contribution in [0, 0.1) is 10.1 Å². The molecule has 9 nitrogen and oxygen atoms in total. The summed E-state index contributed by atoms with van der Waals surface area (Å²) in [5.74, 6) is 0.981. The van der Waals surface area contributed by atoms with Crippen LogP contribution in [0.5, 0.6) is 0 Å². The normalized spacial score (nSPS) is 15.7. The van der Waals surface area contributed by atoms with E-state index in [-0.39, 0.29) is 11.6 Å². The first-order chi connectivity index (χ1) is 15.6. The van der Waals surface area contributed by atoms with Crippen molar-refractivity contribution in [2.24, 2.45) is 0 Å². The summed E-state index contributed by atoms with van der Waals surface area (Å²) in [5.41, 5.74) is 2.88. The first-order valence-corrected chi connectivity index (χ1v) is 10.4. The van der Waals surface area contributed by atoms with Crippen molar-refractivity contribution >= 4 is 17.4 Å². The molecule has 32 heavy (non-hydrogen) atoms. The number of ether oxygens (including phenoxy) is 1. The topological polar surface area (TPSA) is 102 Å². The van der Waals surface area contributed by atoms with E-state index in [1.54, 1.807) is 17.0 Å². The molecule has 5 rings (SSSR count). The van der Waals surface area contributed by atoms with Gasteiger partial charge < -0.3 is 14.5 Å². The first-order valence-electron chi connectivity index (χ1n) is 10.4. The summed E-state index contributed by atoms with van der Waals surface area (Å²) in [7, 11) is 0. The summed E-state index contributed by atoms with van der Waals surface area (Å²) in [5, 5.41) is 11.0. The van der Waals surface area contributed by atoms with Gasteiger partial charge in [-0.25, -0.2) is 9.97 Å². The number of benzene rings is 2. The molecule has 0 N–H and O–H groups in total. The maximum absolute atomic E-state index is 13.3. The fraction of sp³-hybridized carbons (Fsp3) is 0.261. The lowest BCUT2D eigenvalue weighted by Gasteiger charge is -2.29. The van der Waals surface area contributed by atoms with Crippen molar-refractivity contribution in [2.75, 3.05) is 31.2 Å². The third-order valence-corrected chi connectivity index (χ3v) is 5.69. The number of amides is 1. The highest BCUT2D eigenvalue weighted by Gasteiger charge is 2.34. The van der Waals surface area contributed by atoms with Gasteiger partial charge in [-0.15, -0.1) is 0 Å². The second-order valence-electron chi connectivity index (χ2n) is 7.75. The number of nitrogens with zero attached hydrogens (tertiary/aromatic N) is 5. The van der Waals surface area contributed by atoms with Crippen molar-refractivity contribution < 1.29 is 14.5 Å². The van der Waals surface area contributed by atoms with Gasteiger partial charge in [0.05, 0.1) is 24.7 Å². The van der Waals surface area contributed by atoms with Crippen LogP contribution in [0.4, 0.5) is 11.5 Å². The van der Waals surface area contributed by atoms with Crippen LogP contribution in [0.15, 0.2) is 54.6 Å². The van der Waals surface area contributed by atoms with E-state index < -0.39 is 4.92 Å². The van der Waals surface area contributed by atoms with E-state index in [2.05, 4.69) is 9.88 Å². The lowest BCUT2D eigenvalue weighted by atomic mass is 10.1. The Morgan fingerprint density at radius 1 is 1.00 bits per heavy atom. The molecule has 9 heteroatoms. The van der Waals surface area contributed by atoms with Crippen LogP contribution in [0.1, 0.15) is 21.6 Å². The fourth-order valence-corrected chi connectivity index (χ4v) is 4.04. The van der Waals surface area contributed by atoms with Gasteiger partial charge in [0, 0.05) is 42.9 Å². The minimum Gasteiger partial charge on any atom is -0.378 e. The SMILES string of the molecule is O=C1c2nc(-c3ccc([N+](=O)[O-])cc3)nc(N3CCOCC3)c2CN1Cc1ccccc1. The molecule has 3 aromatic rings. The monoisotopic (exact) mass is 431 g/mol. The van der Waals surface area contributed by atoms with Gasteiger partial charge in [-0.05, 0) is 17.7 Å². The number of hydrogen-bond acceptors (Lipinski definition) is 7. The average Bonchev–Trinajstić information content (AvgIpc) is 3.15. The van der Waals surface area contributed by atoms with Crippen LogP contribution in [0.3, 0.4) is 0 Å². The number of hydrogen-bond donors (Lipinski definition) is 0. The molecule has 2 aliphatic rings. The highest BCUT2D eigenvalue weighted by atomic mass is 16.6. The largest absolute Gasteiger partial charge is 0.378 e. The number of carbonyl (C=O) groups is 1. The number of aromatic nitrogens is 2. The van der Waals surface area contributed by atoms with Crippen molar-refractivity contribution in [3.63, 3.8) is 0 Å². The number of nitro benzene ring substituents is 1. The number of morpholine rings is 1. The second-order valence-corrected chi connectivity index (χ2v) is 7.75. The minimum absolute atomic E-state index is 0.00609. The summed E-state index contributed by atoms with van der Waals surface area (Å²) < 4.78 is 5.49. The van der Waals surface area contributed by atoms with Crippen LogP contribution in [0.2, 0.25) is 0 Å². The van der Waals surface area contributed by atoms with E-state index in [4.69, 9.17) is 9.72 Å². The summed E-state index contributed by atoms with van der Waals surface area (Å²) in [4.78, 5) is 37.1. The van der Waals surface area contributed by atoms with Crippen molar-refractivity contribution in [3.05, 3.63) is 81.5 Å². The maximum atomic E-state index is 13.3. The van der Waals surface area contributed by atoms with Crippen molar-refractivity contribution in [1.29, 1.82) is 0 Å². The molecule has 0 spiro atoms. The van der Waals surface area contributed by atoms with Crippen LogP contribution in [-0.4, -0.2) is 52.0 Å². The molecule has 0 bridgehead atoms. The number of nitro groups is 1. The van der Waals surface area contributed by atoms with Crippen LogP contribution in [0.25, 0.3) is 11.4 Å². The predicted octanol–water partition coefficient (Wildman–Crippen LogP) is 3.04. The molecule has 162 valence electrons. The third-order valence-electron chi connectivity index (χ3n) is 5.69.